The van der Waals surface area contributed by atoms with E-state index in [1.807, 2.05) is 0 Å². The van der Waals surface area contributed by atoms with Gasteiger partial charge in [0.15, 0.2) is 0 Å². The maximum atomic E-state index is 12.9. The van der Waals surface area contributed by atoms with Gasteiger partial charge in [0.25, 0.3) is 0 Å². The Morgan fingerprint density at radius 1 is 0.848 bits per heavy atom. The number of rotatable bonds is 19. The Kier molecular flexibility index (Phi) is 15.6. The summed E-state index contributed by atoms with van der Waals surface area (Å²) in [6.45, 7) is 0. The van der Waals surface area contributed by atoms with Crippen molar-refractivity contribution in [1.29, 1.82) is 0 Å². The Morgan fingerprint density at radius 2 is 1.36 bits per heavy atom. The maximum absolute atomic E-state index is 12.9. The molecule has 0 aromatic heterocycles. The normalized spacial score (nSPS) is 11.6. The van der Waals surface area contributed by atoms with Crippen LogP contribution in [0.15, 0.2) is 18.2 Å². The number of carboxylic acid groups (broad SMARTS) is 1. The molecule has 0 saturated carbocycles. The number of aliphatic carboxylic acids is 1. The van der Waals surface area contributed by atoms with Crippen LogP contribution >= 0.6 is 23.4 Å². The number of alkyl halides is 3. The average Bonchev–Trinajstić information content (AvgIpc) is 2.73. The van der Waals surface area contributed by atoms with E-state index in [4.69, 9.17) is 16.7 Å². The second-order valence-electron chi connectivity index (χ2n) is 8.47. The van der Waals surface area contributed by atoms with Gasteiger partial charge in [0, 0.05) is 12.8 Å². The second-order valence-corrected chi connectivity index (χ2v) is 9.98. The third kappa shape index (κ3) is 15.3. The lowest BCUT2D eigenvalue weighted by Gasteiger charge is -2.10. The average molecular weight is 509 g/mol. The molecule has 3 nitrogen and oxygen atoms in total. The fraction of sp³-hybridized carbons (Fsp3) is 0.680. The minimum Gasteiger partial charge on any atom is -0.481 e. The van der Waals surface area contributed by atoms with E-state index in [-0.39, 0.29) is 23.0 Å². The van der Waals surface area contributed by atoms with Crippen molar-refractivity contribution in [2.75, 3.05) is 11.5 Å². The number of thioether (sulfide) groups is 1. The van der Waals surface area contributed by atoms with E-state index in [0.717, 1.165) is 43.9 Å². The van der Waals surface area contributed by atoms with E-state index < -0.39 is 17.7 Å². The van der Waals surface area contributed by atoms with E-state index in [1.165, 1.54) is 68.8 Å². The van der Waals surface area contributed by atoms with Crippen molar-refractivity contribution in [3.8, 4) is 0 Å². The molecule has 0 spiro atoms. The van der Waals surface area contributed by atoms with E-state index in [9.17, 15) is 22.8 Å². The Bertz CT molecular complexity index is 711. The van der Waals surface area contributed by atoms with Crippen LogP contribution in [0.1, 0.15) is 94.6 Å². The zero-order valence-electron chi connectivity index (χ0n) is 19.2. The first-order valence-corrected chi connectivity index (χ1v) is 13.4. The van der Waals surface area contributed by atoms with Crippen molar-refractivity contribution < 1.29 is 27.9 Å². The number of carbonyl (C=O) groups excluding carboxylic acids is 1. The van der Waals surface area contributed by atoms with Crippen LogP contribution in [0.2, 0.25) is 5.02 Å². The van der Waals surface area contributed by atoms with Gasteiger partial charge in [0.05, 0.1) is 16.3 Å². The molecule has 0 aliphatic heterocycles. The summed E-state index contributed by atoms with van der Waals surface area (Å²) in [5.74, 6) is 0.351. The van der Waals surface area contributed by atoms with Gasteiger partial charge in [0.1, 0.15) is 5.78 Å². The number of carbonyl (C=O) groups is 2. The van der Waals surface area contributed by atoms with Gasteiger partial charge in [-0.2, -0.15) is 24.9 Å². The van der Waals surface area contributed by atoms with Crippen LogP contribution in [0.4, 0.5) is 13.2 Å². The number of halogens is 4. The van der Waals surface area contributed by atoms with Crippen LogP contribution < -0.4 is 0 Å². The standard InChI is InChI=1S/C25H36ClF3O3S/c26-23-15-14-20(18-22(23)25(27,28)29)17-21(30)13-11-9-7-5-3-1-2-4-6-8-10-12-16-33-19-24(31)32/h14-15,18H,1-13,16-17,19H2,(H,31,32). The zero-order valence-corrected chi connectivity index (χ0v) is 20.8. The van der Waals surface area contributed by atoms with Crippen LogP contribution in [0, 0.1) is 0 Å². The predicted molar refractivity (Wildman–Crippen MR) is 130 cm³/mol. The molecule has 1 N–H and O–H groups in total. The van der Waals surface area contributed by atoms with Crippen LogP contribution in [-0.4, -0.2) is 28.4 Å². The highest BCUT2D eigenvalue weighted by atomic mass is 35.5. The molecule has 0 unspecified atom stereocenters. The molecular formula is C25H36ClF3O3S. The lowest BCUT2D eigenvalue weighted by Crippen LogP contribution is -2.08. The molecule has 0 atom stereocenters. The number of carboxylic acids is 1. The first-order chi connectivity index (χ1) is 15.7. The highest BCUT2D eigenvalue weighted by Crippen LogP contribution is 2.35. The SMILES string of the molecule is O=C(O)CSCCCCCCCCCCCCCCC(=O)Cc1ccc(Cl)c(C(F)(F)F)c1. The topological polar surface area (TPSA) is 54.4 Å². The van der Waals surface area contributed by atoms with Crippen molar-refractivity contribution in [2.24, 2.45) is 0 Å². The predicted octanol–water partition coefficient (Wildman–Crippen LogP) is 8.36. The van der Waals surface area contributed by atoms with Gasteiger partial charge in [-0.25, -0.2) is 0 Å². The number of hydrogen-bond donors (Lipinski definition) is 1. The molecule has 1 aromatic rings. The fourth-order valence-corrected chi connectivity index (χ4v) is 4.62. The third-order valence-corrected chi connectivity index (χ3v) is 6.82. The number of Topliss-reactive ketones (excluding diaryl/α,β-unsaturated/α-hetero) is 1. The van der Waals surface area contributed by atoms with Crippen molar-refractivity contribution in [1.82, 2.24) is 0 Å². The van der Waals surface area contributed by atoms with E-state index in [0.29, 0.717) is 12.0 Å². The summed E-state index contributed by atoms with van der Waals surface area (Å²) in [6, 6.07) is 3.66. The monoisotopic (exact) mass is 508 g/mol. The van der Waals surface area contributed by atoms with Crippen molar-refractivity contribution >= 4 is 35.1 Å². The zero-order chi connectivity index (χ0) is 24.5. The van der Waals surface area contributed by atoms with Gasteiger partial charge in [-0.05, 0) is 36.3 Å². The number of benzene rings is 1. The lowest BCUT2D eigenvalue weighted by molar-refractivity contribution is -0.137. The van der Waals surface area contributed by atoms with Crippen molar-refractivity contribution in [3.63, 3.8) is 0 Å². The lowest BCUT2D eigenvalue weighted by atomic mass is 10.0. The van der Waals surface area contributed by atoms with Crippen molar-refractivity contribution in [3.05, 3.63) is 34.3 Å². The van der Waals surface area contributed by atoms with Crippen LogP contribution in [0.5, 0.6) is 0 Å². The van der Waals surface area contributed by atoms with Gasteiger partial charge < -0.3 is 5.11 Å². The van der Waals surface area contributed by atoms with E-state index in [2.05, 4.69) is 0 Å². The van der Waals surface area contributed by atoms with Gasteiger partial charge in [0.2, 0.25) is 0 Å². The minimum absolute atomic E-state index is 0.0153. The molecule has 0 fully saturated rings. The molecule has 0 heterocycles. The minimum atomic E-state index is -4.51. The molecule has 0 amide bonds. The Labute approximate surface area is 204 Å². The molecule has 0 aliphatic rings. The van der Waals surface area contributed by atoms with Gasteiger partial charge in [-0.1, -0.05) is 81.9 Å². The van der Waals surface area contributed by atoms with E-state index in [1.54, 1.807) is 0 Å². The van der Waals surface area contributed by atoms with Gasteiger partial charge in [-0.3, -0.25) is 9.59 Å². The van der Waals surface area contributed by atoms with Crippen molar-refractivity contribution in [2.45, 2.75) is 96.1 Å². The number of hydrogen-bond acceptors (Lipinski definition) is 3. The first-order valence-electron chi connectivity index (χ1n) is 11.9. The molecule has 0 aliphatic carbocycles. The van der Waals surface area contributed by atoms with Crippen LogP contribution in [0.3, 0.4) is 0 Å². The molecule has 1 aromatic carbocycles. The largest absolute Gasteiger partial charge is 0.481 e. The summed E-state index contributed by atoms with van der Waals surface area (Å²) in [7, 11) is 0. The summed E-state index contributed by atoms with van der Waals surface area (Å²) in [5, 5.41) is 8.21. The Morgan fingerprint density at radius 3 is 1.88 bits per heavy atom. The van der Waals surface area contributed by atoms with Gasteiger partial charge >= 0.3 is 12.1 Å². The van der Waals surface area contributed by atoms with Gasteiger partial charge in [-0.15, -0.1) is 0 Å². The molecule has 0 saturated heterocycles. The summed E-state index contributed by atoms with van der Waals surface area (Å²) in [6.07, 6.45) is 9.53. The van der Waals surface area contributed by atoms with Crippen LogP contribution in [-0.2, 0) is 22.2 Å². The smallest absolute Gasteiger partial charge is 0.417 e. The molecule has 8 heteroatoms. The maximum Gasteiger partial charge on any atom is 0.417 e. The Hall–Kier alpha value is -1.21. The quantitative estimate of drug-likeness (QED) is 0.191. The molecule has 188 valence electrons. The summed E-state index contributed by atoms with van der Waals surface area (Å²) < 4.78 is 38.7. The number of ketones is 1. The second kappa shape index (κ2) is 17.3. The number of unbranched alkanes of at least 4 members (excludes halogenated alkanes) is 11. The Balaban J connectivity index is 1.96. The first kappa shape index (κ1) is 29.8. The summed E-state index contributed by atoms with van der Waals surface area (Å²) in [4.78, 5) is 22.5. The summed E-state index contributed by atoms with van der Waals surface area (Å²) >= 11 is 7.10. The third-order valence-electron chi connectivity index (χ3n) is 5.46. The molecular weight excluding hydrogens is 473 g/mol. The molecule has 0 radical (unpaired) electrons. The summed E-state index contributed by atoms with van der Waals surface area (Å²) in [5.41, 5.74) is -0.532. The highest BCUT2D eigenvalue weighted by molar-refractivity contribution is 7.99. The van der Waals surface area contributed by atoms with E-state index >= 15 is 0 Å². The fourth-order valence-electron chi connectivity index (χ4n) is 3.67. The molecule has 1 rings (SSSR count). The van der Waals surface area contributed by atoms with Crippen LogP contribution in [0.25, 0.3) is 0 Å². The molecule has 0 bridgehead atoms. The molecule has 33 heavy (non-hydrogen) atoms. The highest BCUT2D eigenvalue weighted by Gasteiger charge is 2.33.